The van der Waals surface area contributed by atoms with Crippen LogP contribution in [0.1, 0.15) is 28.8 Å². The Kier molecular flexibility index (Phi) is 3.08. The van der Waals surface area contributed by atoms with E-state index < -0.39 is 0 Å². The third-order valence-corrected chi connectivity index (χ3v) is 3.70. The average molecular weight is 252 g/mol. The van der Waals surface area contributed by atoms with Gasteiger partial charge in [0.1, 0.15) is 5.75 Å². The Balaban J connectivity index is 2.21. The lowest BCUT2D eigenvalue weighted by molar-refractivity contribution is 0.0972. The minimum absolute atomic E-state index is 0.262. The van der Waals surface area contributed by atoms with Crippen LogP contribution in [0.15, 0.2) is 42.5 Å². The number of hydrogen-bond donors (Lipinski definition) is 0. The molecule has 2 aromatic rings. The van der Waals surface area contributed by atoms with Crippen LogP contribution in [-0.4, -0.2) is 12.9 Å². The molecule has 0 aromatic heterocycles. The first-order valence-electron chi connectivity index (χ1n) is 6.59. The fraction of sp³-hybridized carbons (Fsp3) is 0.235. The zero-order valence-electron chi connectivity index (χ0n) is 11.0. The highest BCUT2D eigenvalue weighted by atomic mass is 16.5. The maximum Gasteiger partial charge on any atom is 0.163 e. The van der Waals surface area contributed by atoms with Gasteiger partial charge in [-0.2, -0.15) is 0 Å². The highest BCUT2D eigenvalue weighted by Gasteiger charge is 2.21. The van der Waals surface area contributed by atoms with Gasteiger partial charge < -0.3 is 4.74 Å². The first kappa shape index (κ1) is 12.0. The number of benzene rings is 2. The number of Topliss-reactive ketones (excluding diaryl/α,β-unsaturated/α-hetero) is 1. The zero-order valence-corrected chi connectivity index (χ0v) is 11.0. The molecule has 0 aliphatic heterocycles. The Labute approximate surface area is 113 Å². The summed E-state index contributed by atoms with van der Waals surface area (Å²) in [6.45, 7) is 0. The number of para-hydroxylation sites is 1. The zero-order chi connectivity index (χ0) is 13.2. The van der Waals surface area contributed by atoms with Gasteiger partial charge in [0.2, 0.25) is 0 Å². The largest absolute Gasteiger partial charge is 0.496 e. The SMILES string of the molecule is COc1ccccc1-c1cccc2c1CCCC2=O. The molecule has 2 aromatic carbocycles. The summed E-state index contributed by atoms with van der Waals surface area (Å²) >= 11 is 0. The van der Waals surface area contributed by atoms with Gasteiger partial charge in [-0.3, -0.25) is 4.79 Å². The van der Waals surface area contributed by atoms with Crippen LogP contribution in [-0.2, 0) is 6.42 Å². The Morgan fingerprint density at radius 2 is 1.63 bits per heavy atom. The van der Waals surface area contributed by atoms with Crippen molar-refractivity contribution in [3.63, 3.8) is 0 Å². The molecule has 0 amide bonds. The van der Waals surface area contributed by atoms with Crippen molar-refractivity contribution in [2.24, 2.45) is 0 Å². The normalized spacial score (nSPS) is 14.1. The van der Waals surface area contributed by atoms with E-state index >= 15 is 0 Å². The van der Waals surface area contributed by atoms with Crippen LogP contribution in [0.5, 0.6) is 5.75 Å². The van der Waals surface area contributed by atoms with Crippen LogP contribution in [0.3, 0.4) is 0 Å². The van der Waals surface area contributed by atoms with Crippen molar-refractivity contribution in [2.45, 2.75) is 19.3 Å². The fourth-order valence-corrected chi connectivity index (χ4v) is 2.80. The van der Waals surface area contributed by atoms with E-state index in [2.05, 4.69) is 6.07 Å². The molecule has 0 heterocycles. The Morgan fingerprint density at radius 3 is 2.47 bits per heavy atom. The lowest BCUT2D eigenvalue weighted by Crippen LogP contribution is -2.11. The maximum atomic E-state index is 12.0. The van der Waals surface area contributed by atoms with Crippen LogP contribution in [0.2, 0.25) is 0 Å². The second-order valence-electron chi connectivity index (χ2n) is 4.81. The van der Waals surface area contributed by atoms with E-state index in [1.165, 1.54) is 5.56 Å². The molecule has 0 spiro atoms. The standard InChI is InChI=1S/C17H16O2/c1-19-17-11-3-2-6-15(17)13-7-4-9-14-12(13)8-5-10-16(14)18/h2-4,6-7,9,11H,5,8,10H2,1H3. The first-order valence-corrected chi connectivity index (χ1v) is 6.59. The van der Waals surface area contributed by atoms with E-state index in [4.69, 9.17) is 4.74 Å². The van der Waals surface area contributed by atoms with Crippen molar-refractivity contribution >= 4 is 5.78 Å². The summed E-state index contributed by atoms with van der Waals surface area (Å²) in [6, 6.07) is 14.0. The number of carbonyl (C=O) groups is 1. The molecule has 0 saturated carbocycles. The van der Waals surface area contributed by atoms with Crippen molar-refractivity contribution in [3.05, 3.63) is 53.6 Å². The topological polar surface area (TPSA) is 26.3 Å². The molecular formula is C17H16O2. The maximum absolute atomic E-state index is 12.0. The van der Waals surface area contributed by atoms with Crippen molar-refractivity contribution in [2.75, 3.05) is 7.11 Å². The summed E-state index contributed by atoms with van der Waals surface area (Å²) < 4.78 is 5.43. The number of hydrogen-bond acceptors (Lipinski definition) is 2. The third kappa shape index (κ3) is 2.03. The van der Waals surface area contributed by atoms with Gasteiger partial charge in [-0.05, 0) is 30.0 Å². The second kappa shape index (κ2) is 4.88. The van der Waals surface area contributed by atoms with E-state index in [9.17, 15) is 4.79 Å². The molecule has 0 saturated heterocycles. The fourth-order valence-electron chi connectivity index (χ4n) is 2.80. The van der Waals surface area contributed by atoms with Gasteiger partial charge in [-0.1, -0.05) is 36.4 Å². The summed E-state index contributed by atoms with van der Waals surface area (Å²) in [7, 11) is 1.68. The predicted octanol–water partition coefficient (Wildman–Crippen LogP) is 3.88. The Morgan fingerprint density at radius 1 is 0.895 bits per heavy atom. The van der Waals surface area contributed by atoms with Crippen LogP contribution in [0.25, 0.3) is 11.1 Å². The number of ketones is 1. The predicted molar refractivity (Wildman–Crippen MR) is 75.7 cm³/mol. The van der Waals surface area contributed by atoms with E-state index in [0.717, 1.165) is 35.3 Å². The summed E-state index contributed by atoms with van der Waals surface area (Å²) in [5.41, 5.74) is 4.25. The molecule has 1 aliphatic carbocycles. The lowest BCUT2D eigenvalue weighted by Gasteiger charge is -2.19. The van der Waals surface area contributed by atoms with Crippen molar-refractivity contribution in [1.29, 1.82) is 0 Å². The minimum Gasteiger partial charge on any atom is -0.496 e. The second-order valence-corrected chi connectivity index (χ2v) is 4.81. The number of carbonyl (C=O) groups excluding carboxylic acids is 1. The van der Waals surface area contributed by atoms with Gasteiger partial charge >= 0.3 is 0 Å². The monoisotopic (exact) mass is 252 g/mol. The van der Waals surface area contributed by atoms with Gasteiger partial charge in [0.15, 0.2) is 5.78 Å². The summed E-state index contributed by atoms with van der Waals surface area (Å²) in [4.78, 5) is 12.0. The molecule has 0 atom stereocenters. The average Bonchev–Trinajstić information content (AvgIpc) is 2.47. The van der Waals surface area contributed by atoms with Gasteiger partial charge in [0.05, 0.1) is 7.11 Å². The molecule has 96 valence electrons. The quantitative estimate of drug-likeness (QED) is 0.810. The number of fused-ring (bicyclic) bond motifs is 1. The molecular weight excluding hydrogens is 236 g/mol. The lowest BCUT2D eigenvalue weighted by atomic mass is 9.85. The smallest absolute Gasteiger partial charge is 0.163 e. The molecule has 0 bridgehead atoms. The molecule has 2 heteroatoms. The van der Waals surface area contributed by atoms with Crippen LogP contribution >= 0.6 is 0 Å². The van der Waals surface area contributed by atoms with E-state index in [0.29, 0.717) is 6.42 Å². The van der Waals surface area contributed by atoms with E-state index in [-0.39, 0.29) is 5.78 Å². The molecule has 19 heavy (non-hydrogen) atoms. The molecule has 1 aliphatic rings. The molecule has 0 unspecified atom stereocenters. The number of methoxy groups -OCH3 is 1. The highest BCUT2D eigenvalue weighted by molar-refractivity contribution is 6.00. The highest BCUT2D eigenvalue weighted by Crippen LogP contribution is 2.36. The van der Waals surface area contributed by atoms with Gasteiger partial charge in [0.25, 0.3) is 0 Å². The molecule has 0 fully saturated rings. The summed E-state index contributed by atoms with van der Waals surface area (Å²) in [5, 5.41) is 0. The van der Waals surface area contributed by atoms with Gasteiger partial charge in [-0.15, -0.1) is 0 Å². The van der Waals surface area contributed by atoms with Crippen molar-refractivity contribution in [3.8, 4) is 16.9 Å². The first-order chi connectivity index (χ1) is 9.31. The van der Waals surface area contributed by atoms with Gasteiger partial charge in [-0.25, -0.2) is 0 Å². The van der Waals surface area contributed by atoms with Crippen molar-refractivity contribution < 1.29 is 9.53 Å². The van der Waals surface area contributed by atoms with Crippen LogP contribution in [0.4, 0.5) is 0 Å². The molecule has 3 rings (SSSR count). The third-order valence-electron chi connectivity index (χ3n) is 3.70. The number of ether oxygens (including phenoxy) is 1. The van der Waals surface area contributed by atoms with Crippen molar-refractivity contribution in [1.82, 2.24) is 0 Å². The van der Waals surface area contributed by atoms with Crippen LogP contribution in [0, 0.1) is 0 Å². The summed E-state index contributed by atoms with van der Waals surface area (Å²) in [5.74, 6) is 1.12. The summed E-state index contributed by atoms with van der Waals surface area (Å²) in [6.07, 6.45) is 2.58. The van der Waals surface area contributed by atoms with E-state index in [1.807, 2.05) is 36.4 Å². The van der Waals surface area contributed by atoms with Crippen LogP contribution < -0.4 is 4.74 Å². The molecule has 0 N–H and O–H groups in total. The minimum atomic E-state index is 0.262. The van der Waals surface area contributed by atoms with E-state index in [1.54, 1.807) is 7.11 Å². The molecule has 0 radical (unpaired) electrons. The molecule has 2 nitrogen and oxygen atoms in total. The Hall–Kier alpha value is -2.09. The number of rotatable bonds is 2. The Bertz CT molecular complexity index is 629. The van der Waals surface area contributed by atoms with Gasteiger partial charge in [0, 0.05) is 17.5 Å².